The summed E-state index contributed by atoms with van der Waals surface area (Å²) >= 11 is 0. The number of carbonyl (C=O) groups excluding carboxylic acids is 3. The summed E-state index contributed by atoms with van der Waals surface area (Å²) in [5, 5.41) is 0. The van der Waals surface area contributed by atoms with Crippen molar-refractivity contribution < 1.29 is 19.1 Å². The van der Waals surface area contributed by atoms with Crippen LogP contribution in [-0.2, 0) is 32.1 Å². The number of hydrogen-bond acceptors (Lipinski definition) is 4. The van der Waals surface area contributed by atoms with E-state index in [2.05, 4.69) is 26.0 Å². The molecule has 3 aliphatic rings. The van der Waals surface area contributed by atoms with Crippen LogP contribution in [0.5, 0.6) is 0 Å². The molecule has 1 aromatic rings. The van der Waals surface area contributed by atoms with E-state index in [1.165, 1.54) is 11.1 Å². The molecule has 3 heterocycles. The van der Waals surface area contributed by atoms with Gasteiger partial charge >= 0.3 is 0 Å². The Morgan fingerprint density at radius 2 is 1.93 bits per heavy atom. The van der Waals surface area contributed by atoms with Gasteiger partial charge in [-0.15, -0.1) is 0 Å². The van der Waals surface area contributed by atoms with Gasteiger partial charge in [0.1, 0.15) is 12.6 Å². The average molecular weight is 399 g/mol. The van der Waals surface area contributed by atoms with E-state index >= 15 is 0 Å². The van der Waals surface area contributed by atoms with Crippen LogP contribution in [0, 0.1) is 11.8 Å². The number of rotatable bonds is 5. The number of ketones is 1. The van der Waals surface area contributed by atoms with E-state index in [-0.39, 0.29) is 42.6 Å². The quantitative estimate of drug-likeness (QED) is 0.763. The molecule has 6 heteroatoms. The number of hydrogen-bond donors (Lipinski definition) is 0. The van der Waals surface area contributed by atoms with Crippen LogP contribution in [-0.4, -0.2) is 59.2 Å². The first-order valence-corrected chi connectivity index (χ1v) is 10.7. The number of carbonyl (C=O) groups is 3. The summed E-state index contributed by atoms with van der Waals surface area (Å²) in [7, 11) is 0. The molecule has 0 N–H and O–H groups in total. The topological polar surface area (TPSA) is 66.9 Å². The van der Waals surface area contributed by atoms with Crippen molar-refractivity contribution in [3.63, 3.8) is 0 Å². The van der Waals surface area contributed by atoms with E-state index in [9.17, 15) is 14.4 Å². The smallest absolute Gasteiger partial charge is 0.226 e. The van der Waals surface area contributed by atoms with Gasteiger partial charge in [0.15, 0.2) is 5.78 Å². The van der Waals surface area contributed by atoms with E-state index in [0.29, 0.717) is 38.4 Å². The molecule has 156 valence electrons. The van der Waals surface area contributed by atoms with Crippen LogP contribution in [0.4, 0.5) is 0 Å². The van der Waals surface area contributed by atoms with Gasteiger partial charge in [-0.05, 0) is 36.3 Å². The third-order valence-corrected chi connectivity index (χ3v) is 6.40. The van der Waals surface area contributed by atoms with Gasteiger partial charge in [-0.25, -0.2) is 0 Å². The lowest BCUT2D eigenvalue weighted by atomic mass is 9.91. The van der Waals surface area contributed by atoms with Crippen molar-refractivity contribution in [3.8, 4) is 0 Å². The van der Waals surface area contributed by atoms with Gasteiger partial charge in [-0.3, -0.25) is 14.4 Å². The molecule has 0 saturated carbocycles. The van der Waals surface area contributed by atoms with E-state index < -0.39 is 6.04 Å². The van der Waals surface area contributed by atoms with Crippen molar-refractivity contribution in [1.29, 1.82) is 0 Å². The van der Waals surface area contributed by atoms with Gasteiger partial charge in [-0.2, -0.15) is 0 Å². The molecule has 0 spiro atoms. The van der Waals surface area contributed by atoms with Crippen LogP contribution in [0.1, 0.15) is 44.2 Å². The summed E-state index contributed by atoms with van der Waals surface area (Å²) in [6, 6.07) is 7.77. The maximum absolute atomic E-state index is 13.3. The summed E-state index contributed by atoms with van der Waals surface area (Å²) in [4.78, 5) is 42.2. The van der Waals surface area contributed by atoms with E-state index in [0.717, 1.165) is 6.42 Å². The van der Waals surface area contributed by atoms with Crippen LogP contribution in [0.15, 0.2) is 24.3 Å². The van der Waals surface area contributed by atoms with Crippen LogP contribution >= 0.6 is 0 Å². The molecular formula is C23H30N2O4. The van der Waals surface area contributed by atoms with E-state index in [1.807, 2.05) is 17.0 Å². The molecule has 6 nitrogen and oxygen atoms in total. The number of likely N-dealkylation sites (tertiary alicyclic amines) is 1. The Bertz CT molecular complexity index is 806. The number of benzene rings is 1. The SMILES string of the molecule is CC(C)CC(CC(=O)N1CCc2ccccc2C1)C(=O)N1CCC2OCC(=O)C21. The molecule has 2 saturated heterocycles. The number of ether oxygens (including phenoxy) is 1. The number of fused-ring (bicyclic) bond motifs is 2. The van der Waals surface area contributed by atoms with Crippen molar-refractivity contribution >= 4 is 17.6 Å². The molecule has 0 aromatic heterocycles. The Labute approximate surface area is 172 Å². The lowest BCUT2D eigenvalue weighted by Gasteiger charge is -2.32. The first kappa shape index (κ1) is 20.1. The molecule has 0 radical (unpaired) electrons. The molecule has 29 heavy (non-hydrogen) atoms. The summed E-state index contributed by atoms with van der Waals surface area (Å²) in [5.41, 5.74) is 2.49. The largest absolute Gasteiger partial charge is 0.368 e. The standard InChI is InChI=1S/C23H30N2O4/c1-15(2)11-18(23(28)25-10-8-20-22(25)19(26)14-29-20)12-21(27)24-9-7-16-5-3-4-6-17(16)13-24/h3-6,15,18,20,22H,7-14H2,1-2H3. The second-order valence-electron chi connectivity index (χ2n) is 8.95. The molecule has 3 atom stereocenters. The van der Waals surface area contributed by atoms with Gasteiger partial charge in [0.05, 0.1) is 6.10 Å². The second-order valence-corrected chi connectivity index (χ2v) is 8.95. The number of Topliss-reactive ketones (excluding diaryl/α,β-unsaturated/α-hetero) is 1. The zero-order valence-corrected chi connectivity index (χ0v) is 17.3. The first-order valence-electron chi connectivity index (χ1n) is 10.7. The molecule has 2 amide bonds. The molecule has 0 bridgehead atoms. The molecule has 4 rings (SSSR count). The normalized spacial score (nSPS) is 24.6. The fraction of sp³-hybridized carbons (Fsp3) is 0.609. The highest BCUT2D eigenvalue weighted by Gasteiger charge is 2.48. The summed E-state index contributed by atoms with van der Waals surface area (Å²) in [6.07, 6.45) is 2.25. The minimum atomic E-state index is -0.450. The third-order valence-electron chi connectivity index (χ3n) is 6.40. The Morgan fingerprint density at radius 3 is 2.69 bits per heavy atom. The second kappa shape index (κ2) is 8.27. The van der Waals surface area contributed by atoms with Crippen molar-refractivity contribution in [2.45, 2.75) is 58.2 Å². The van der Waals surface area contributed by atoms with Gasteiger partial charge in [-0.1, -0.05) is 38.1 Å². The zero-order valence-electron chi connectivity index (χ0n) is 17.3. The van der Waals surface area contributed by atoms with Crippen LogP contribution in [0.3, 0.4) is 0 Å². The molecule has 0 aliphatic carbocycles. The predicted octanol–water partition coefficient (Wildman–Crippen LogP) is 2.19. The van der Waals surface area contributed by atoms with Crippen molar-refractivity contribution in [3.05, 3.63) is 35.4 Å². The minimum Gasteiger partial charge on any atom is -0.368 e. The highest BCUT2D eigenvalue weighted by Crippen LogP contribution is 2.31. The highest BCUT2D eigenvalue weighted by molar-refractivity contribution is 5.94. The van der Waals surface area contributed by atoms with Crippen LogP contribution in [0.2, 0.25) is 0 Å². The monoisotopic (exact) mass is 398 g/mol. The van der Waals surface area contributed by atoms with E-state index in [4.69, 9.17) is 4.74 Å². The van der Waals surface area contributed by atoms with Gasteiger partial charge < -0.3 is 14.5 Å². The van der Waals surface area contributed by atoms with Crippen molar-refractivity contribution in [1.82, 2.24) is 9.80 Å². The van der Waals surface area contributed by atoms with Gasteiger partial charge in [0, 0.05) is 32.0 Å². The predicted molar refractivity (Wildman–Crippen MR) is 108 cm³/mol. The Kier molecular flexibility index (Phi) is 5.72. The molecule has 3 aliphatic heterocycles. The molecule has 2 fully saturated rings. The van der Waals surface area contributed by atoms with Gasteiger partial charge in [0.25, 0.3) is 0 Å². The van der Waals surface area contributed by atoms with Crippen molar-refractivity contribution in [2.75, 3.05) is 19.7 Å². The highest BCUT2D eigenvalue weighted by atomic mass is 16.5. The maximum atomic E-state index is 13.3. The summed E-state index contributed by atoms with van der Waals surface area (Å²) < 4.78 is 5.52. The average Bonchev–Trinajstić information content (AvgIpc) is 3.29. The fourth-order valence-corrected chi connectivity index (χ4v) is 4.96. The Morgan fingerprint density at radius 1 is 1.17 bits per heavy atom. The maximum Gasteiger partial charge on any atom is 0.226 e. The molecule has 3 unspecified atom stereocenters. The van der Waals surface area contributed by atoms with Crippen LogP contribution in [0.25, 0.3) is 0 Å². The Hall–Kier alpha value is -2.21. The van der Waals surface area contributed by atoms with Crippen LogP contribution < -0.4 is 0 Å². The summed E-state index contributed by atoms with van der Waals surface area (Å²) in [5.74, 6) is -0.123. The molecular weight excluding hydrogens is 368 g/mol. The number of amides is 2. The third kappa shape index (κ3) is 4.08. The fourth-order valence-electron chi connectivity index (χ4n) is 4.96. The van der Waals surface area contributed by atoms with Crippen molar-refractivity contribution in [2.24, 2.45) is 11.8 Å². The first-order chi connectivity index (χ1) is 13.9. The minimum absolute atomic E-state index is 0.0110. The Balaban J connectivity index is 1.45. The zero-order chi connectivity index (χ0) is 20.5. The lowest BCUT2D eigenvalue weighted by molar-refractivity contribution is -0.144. The lowest BCUT2D eigenvalue weighted by Crippen LogP contribution is -2.46. The van der Waals surface area contributed by atoms with E-state index in [1.54, 1.807) is 4.90 Å². The number of nitrogens with zero attached hydrogens (tertiary/aromatic N) is 2. The summed E-state index contributed by atoms with van der Waals surface area (Å²) in [6.45, 7) is 6.08. The van der Waals surface area contributed by atoms with Gasteiger partial charge in [0.2, 0.25) is 11.8 Å². The molecule has 1 aromatic carbocycles.